The van der Waals surface area contributed by atoms with Gasteiger partial charge in [-0.25, -0.2) is 48.4 Å². The number of urea groups is 1. The zero-order valence-corrected chi connectivity index (χ0v) is 58.5. The Kier molecular flexibility index (Phi) is 27.8. The number of nitrogens with zero attached hydrogens (tertiary/aromatic N) is 9. The van der Waals surface area contributed by atoms with Gasteiger partial charge in [-0.3, -0.25) is 39.9 Å². The number of alkyl halides is 3. The molecule has 0 radical (unpaired) electrons. The van der Waals surface area contributed by atoms with Gasteiger partial charge in [0.2, 0.25) is 17.6 Å². The van der Waals surface area contributed by atoms with Crippen LogP contribution in [-0.2, 0) is 48.3 Å². The van der Waals surface area contributed by atoms with Crippen LogP contribution in [0.15, 0.2) is 157 Å². The van der Waals surface area contributed by atoms with Crippen LogP contribution in [0.1, 0.15) is 70.1 Å². The molecule has 7 aromatic rings. The van der Waals surface area contributed by atoms with Crippen LogP contribution in [0.5, 0.6) is 0 Å². The van der Waals surface area contributed by atoms with Gasteiger partial charge < -0.3 is 30.7 Å². The number of pyridine rings is 1. The van der Waals surface area contributed by atoms with Crippen LogP contribution in [0.2, 0.25) is 15.1 Å². The maximum Gasteiger partial charge on any atom is 0.501 e. The number of aliphatic hydroxyl groups is 1. The Hall–Kier alpha value is -9.86. The van der Waals surface area contributed by atoms with Gasteiger partial charge in [-0.15, -0.1) is 9.66 Å². The van der Waals surface area contributed by atoms with Crippen LogP contribution in [0.4, 0.5) is 51.7 Å². The second-order valence-corrected chi connectivity index (χ2v) is 25.7. The molecule has 35 heteroatoms. The number of benzene rings is 5. The molecule has 0 fully saturated rings. The molecule has 544 valence electrons. The molecule has 103 heavy (non-hydrogen) atoms. The molecular weight excluding hydrogens is 1440 g/mol. The first kappa shape index (κ1) is 78.9. The van der Waals surface area contributed by atoms with Crippen molar-refractivity contribution < 1.29 is 83.9 Å². The number of carbonyl (C=O) groups excluding carboxylic acids is 6. The van der Waals surface area contributed by atoms with E-state index < -0.39 is 71.1 Å². The second kappa shape index (κ2) is 36.3. The lowest BCUT2D eigenvalue weighted by molar-refractivity contribution is -0.871. The number of hydroxylamine groups is 2. The van der Waals surface area contributed by atoms with E-state index in [0.717, 1.165) is 44.9 Å². The number of thiazole rings is 1. The number of quaternary nitrogens is 1. The Labute approximate surface area is 604 Å². The van der Waals surface area contributed by atoms with Gasteiger partial charge in [0.25, 0.3) is 0 Å². The van der Waals surface area contributed by atoms with E-state index in [0.29, 0.717) is 38.0 Å². The smallest absolute Gasteiger partial charge is 0.447 e. The number of hydrogen-bond donors (Lipinski definition) is 7. The largest absolute Gasteiger partial charge is 0.501 e. The van der Waals surface area contributed by atoms with E-state index in [1.165, 1.54) is 36.0 Å². The quantitative estimate of drug-likeness (QED) is 0.00456. The van der Waals surface area contributed by atoms with Gasteiger partial charge in [-0.1, -0.05) is 130 Å². The highest BCUT2D eigenvalue weighted by Crippen LogP contribution is 2.38. The van der Waals surface area contributed by atoms with Crippen molar-refractivity contribution in [2.45, 2.75) is 96.9 Å². The maximum atomic E-state index is 14.3. The van der Waals surface area contributed by atoms with E-state index in [2.05, 4.69) is 36.8 Å². The Morgan fingerprint density at radius 3 is 2.07 bits per heavy atom. The average Bonchev–Trinajstić information content (AvgIpc) is 1.68. The van der Waals surface area contributed by atoms with E-state index in [-0.39, 0.29) is 116 Å². The number of aromatic nitrogens is 2. The van der Waals surface area contributed by atoms with Gasteiger partial charge in [0.05, 0.1) is 46.1 Å². The molecule has 0 saturated carbocycles. The molecule has 5 aromatic carbocycles. The second-order valence-electron chi connectivity index (χ2n) is 23.5. The summed E-state index contributed by atoms with van der Waals surface area (Å²) in [5.41, 5.74) is 13.7. The van der Waals surface area contributed by atoms with Crippen LogP contribution < -0.4 is 32.1 Å². The highest BCUT2D eigenvalue weighted by Gasteiger charge is 2.50. The molecule has 7 amide bonds. The van der Waals surface area contributed by atoms with E-state index in [1.807, 2.05) is 40.4 Å². The average molecular weight is 1510 g/mol. The molecule has 0 spiro atoms. The number of amides is 7. The summed E-state index contributed by atoms with van der Waals surface area (Å²) in [6.07, 6.45) is 3.96. The highest BCUT2D eigenvalue weighted by atomic mass is 35.5. The monoisotopic (exact) mass is 1510 g/mol. The number of ether oxygens (including phenoxy) is 2. The predicted molar refractivity (Wildman–Crippen MR) is 373 cm³/mol. The number of fused-ring (bicyclic) bond motifs is 3. The van der Waals surface area contributed by atoms with Crippen molar-refractivity contribution in [3.63, 3.8) is 0 Å². The van der Waals surface area contributed by atoms with Crippen molar-refractivity contribution in [2.75, 3.05) is 43.5 Å². The normalized spacial score (nSPS) is 14.3. The van der Waals surface area contributed by atoms with Gasteiger partial charge in [0, 0.05) is 80.2 Å². The Balaban J connectivity index is 0.000000276. The summed E-state index contributed by atoms with van der Waals surface area (Å²) in [4.78, 5) is 93.0. The molecule has 25 nitrogen and oxygen atoms in total. The Morgan fingerprint density at radius 2 is 1.40 bits per heavy atom. The fourth-order valence-electron chi connectivity index (χ4n) is 10.4. The molecule has 0 aliphatic carbocycles. The standard InChI is InChI=1S/C40H39Cl2F3N8O6S.C28H29ClF3N7O4/c1-24(54)51(47-22-25-9-4-5-12-29(25)41)14-16-59-52(38(55)46-21-26-10-8-13-30(43)36(26)42)35-17-27-11-6-7-15-53(27,50-35)28(20-40(2,3)57)23-58-39(56)49-37-48-33-18-31(44)32(45)19-34(33)60-37;1-18(40)39(36-16-21-10-4-5-12-23(21)29)22(11-6-7-13-34-26(41)25(38-33)28(30,31)32)17-43-27(42)37-24-14-19-8-2-3-9-20(19)15-35-24/h4-13,15,17-19,28,47,57H,14,16,20-23H2,1-3H3,(H-,46,48,49,55,56);2-5,8-10,12,14-15,22,36H,6-7,11,13,16-17H2,1H3,(H,34,41)(H,35,37,42)/p+1/t28-,53?;22-/m00/s1. The summed E-state index contributed by atoms with van der Waals surface area (Å²) < 4.78 is 91.0. The van der Waals surface area contributed by atoms with Crippen LogP contribution >= 0.6 is 46.1 Å². The van der Waals surface area contributed by atoms with Crippen molar-refractivity contribution in [2.24, 2.45) is 5.10 Å². The van der Waals surface area contributed by atoms with Crippen LogP contribution in [0.3, 0.4) is 0 Å². The SMILES string of the molecule is CC(=O)N(CCON(C(=O)NCc1cccc(F)c1Cl)C1=N[N+]2([C@H](COC(=O)Nc3nc4cc(F)c(F)cc4s3)CC(C)(C)O)C=CC=CC2=C1)NCc1ccccc1Cl.CC(=O)N(NCc1ccccc1Cl)[C@@H](CCCCNC(=O)C(=[N+]=[N-])C(F)(F)F)COC(=O)Nc1cc2ccccc2cn1. The molecule has 0 bridgehead atoms. The van der Waals surface area contributed by atoms with E-state index in [1.54, 1.807) is 105 Å². The number of carbonyl (C=O) groups is 6. The Bertz CT molecular complexity index is 4410. The number of amidine groups is 1. The lowest BCUT2D eigenvalue weighted by Gasteiger charge is -2.37. The first-order chi connectivity index (χ1) is 49.0. The van der Waals surface area contributed by atoms with Gasteiger partial charge in [-0.05, 0) is 91.6 Å². The summed E-state index contributed by atoms with van der Waals surface area (Å²) in [5.74, 6) is -4.86. The maximum absolute atomic E-state index is 14.3. The van der Waals surface area contributed by atoms with Crippen LogP contribution in [0.25, 0.3) is 26.5 Å². The molecule has 3 atom stereocenters. The molecule has 2 aromatic heterocycles. The van der Waals surface area contributed by atoms with Crippen molar-refractivity contribution in [3.05, 3.63) is 206 Å². The number of anilines is 2. The van der Waals surface area contributed by atoms with Crippen molar-refractivity contribution in [1.29, 1.82) is 0 Å². The summed E-state index contributed by atoms with van der Waals surface area (Å²) in [6, 6.07) is 27.0. The highest BCUT2D eigenvalue weighted by molar-refractivity contribution is 7.22. The zero-order valence-electron chi connectivity index (χ0n) is 55.5. The fraction of sp³-hybridized carbons (Fsp3) is 0.294. The first-order valence-corrected chi connectivity index (χ1v) is 33.5. The van der Waals surface area contributed by atoms with Gasteiger partial charge in [0.1, 0.15) is 31.0 Å². The number of hydrazine groups is 2. The van der Waals surface area contributed by atoms with Gasteiger partial charge in [-0.2, -0.15) is 18.0 Å². The molecule has 0 saturated heterocycles. The van der Waals surface area contributed by atoms with Crippen LogP contribution in [-0.4, -0.2) is 144 Å². The summed E-state index contributed by atoms with van der Waals surface area (Å²) in [7, 11) is 0. The topological polar surface area (TPSA) is 307 Å². The minimum Gasteiger partial charge on any atom is -0.447 e. The summed E-state index contributed by atoms with van der Waals surface area (Å²) >= 11 is 19.6. The number of allylic oxidation sites excluding steroid dienone is 3. The molecule has 1 unspecified atom stereocenters. The summed E-state index contributed by atoms with van der Waals surface area (Å²) in [5, 5.41) is 31.8. The van der Waals surface area contributed by atoms with Crippen molar-refractivity contribution in [1.82, 2.24) is 46.5 Å². The van der Waals surface area contributed by atoms with Crippen LogP contribution in [0, 0.1) is 17.5 Å². The third kappa shape index (κ3) is 22.3. The minimum atomic E-state index is -5.11. The van der Waals surface area contributed by atoms with E-state index in [4.69, 9.17) is 59.7 Å². The fourth-order valence-corrected chi connectivity index (χ4v) is 11.9. The number of rotatable bonds is 28. The third-order valence-corrected chi connectivity index (χ3v) is 17.5. The predicted octanol–water partition coefficient (Wildman–Crippen LogP) is 12.8. The number of unbranched alkanes of at least 4 members (excludes halogenated alkanes) is 1. The molecule has 4 heterocycles. The van der Waals surface area contributed by atoms with Gasteiger partial charge >= 0.3 is 36.0 Å². The molecule has 2 aliphatic heterocycles. The lowest BCUT2D eigenvalue weighted by atomic mass is 9.97. The van der Waals surface area contributed by atoms with Crippen molar-refractivity contribution >= 4 is 126 Å². The van der Waals surface area contributed by atoms with Crippen molar-refractivity contribution in [3.8, 4) is 0 Å². The number of hydrogen-bond acceptors (Lipinski definition) is 16. The van der Waals surface area contributed by atoms with Gasteiger partial charge in [0.15, 0.2) is 28.5 Å². The molecule has 9 rings (SSSR count). The molecule has 2 aliphatic rings. The van der Waals surface area contributed by atoms with E-state index >= 15 is 0 Å². The summed E-state index contributed by atoms with van der Waals surface area (Å²) in [6.45, 7) is 5.04. The molecular formula is C68H69Cl3F6N15O10S+. The molecule has 7 N–H and O–H groups in total. The zero-order chi connectivity index (χ0) is 74.6. The number of halogens is 9. The third-order valence-electron chi connectivity index (χ3n) is 15.4. The first-order valence-electron chi connectivity index (χ1n) is 31.5. The number of nitrogens with one attached hydrogen (secondary N) is 6. The van der Waals surface area contributed by atoms with E-state index in [9.17, 15) is 60.2 Å². The Morgan fingerprint density at radius 1 is 0.748 bits per heavy atom. The minimum absolute atomic E-state index is 0.0124. The lowest BCUT2D eigenvalue weighted by Crippen LogP contribution is -2.51.